The van der Waals surface area contributed by atoms with E-state index in [2.05, 4.69) is 0 Å². The van der Waals surface area contributed by atoms with Crippen LogP contribution >= 0.6 is 0 Å². The molecule has 1 aromatic carbocycles. The zero-order valence-corrected chi connectivity index (χ0v) is 10.1. The van der Waals surface area contributed by atoms with Gasteiger partial charge in [-0.05, 0) is 31.1 Å². The topological polar surface area (TPSA) is 43.4 Å². The van der Waals surface area contributed by atoms with Crippen LogP contribution in [0.5, 0.6) is 0 Å². The molecule has 0 aliphatic rings. The fraction of sp³-hybridized carbons (Fsp3) is 0.286. The van der Waals surface area contributed by atoms with E-state index in [1.807, 2.05) is 37.3 Å². The Kier molecular flexibility index (Phi) is 5.14. The molecule has 0 atom stereocenters. The molecule has 0 aliphatic carbocycles. The standard InChI is InChI=1S/C14H16O3/c1-11-6-3-4-7-13(11)8-5-9-17-14(16)10-12(2)15/h3-8H,9-10H2,1-2H3/b8-5+. The van der Waals surface area contributed by atoms with Crippen LogP contribution in [-0.2, 0) is 14.3 Å². The number of ketones is 1. The van der Waals surface area contributed by atoms with Crippen LogP contribution in [0.1, 0.15) is 24.5 Å². The molecule has 90 valence electrons. The lowest BCUT2D eigenvalue weighted by atomic mass is 10.1. The summed E-state index contributed by atoms with van der Waals surface area (Å²) in [7, 11) is 0. The van der Waals surface area contributed by atoms with Gasteiger partial charge in [0.15, 0.2) is 0 Å². The molecule has 3 heteroatoms. The van der Waals surface area contributed by atoms with Crippen LogP contribution in [0.15, 0.2) is 30.3 Å². The minimum Gasteiger partial charge on any atom is -0.461 e. The van der Waals surface area contributed by atoms with Crippen molar-refractivity contribution < 1.29 is 14.3 Å². The third-order valence-corrected chi connectivity index (χ3v) is 2.22. The third-order valence-electron chi connectivity index (χ3n) is 2.22. The van der Waals surface area contributed by atoms with Gasteiger partial charge >= 0.3 is 5.97 Å². The lowest BCUT2D eigenvalue weighted by molar-refractivity contribution is -0.144. The molecule has 0 amide bonds. The molecule has 1 rings (SSSR count). The summed E-state index contributed by atoms with van der Waals surface area (Å²) in [6.45, 7) is 3.58. The Morgan fingerprint density at radius 2 is 2.00 bits per heavy atom. The van der Waals surface area contributed by atoms with Crippen molar-refractivity contribution >= 4 is 17.8 Å². The summed E-state index contributed by atoms with van der Waals surface area (Å²) in [5.41, 5.74) is 2.26. The van der Waals surface area contributed by atoms with Gasteiger partial charge in [-0.1, -0.05) is 30.3 Å². The second-order valence-electron chi connectivity index (χ2n) is 3.82. The molecule has 0 aliphatic heterocycles. The van der Waals surface area contributed by atoms with Gasteiger partial charge in [-0.25, -0.2) is 0 Å². The van der Waals surface area contributed by atoms with Crippen LogP contribution in [0.25, 0.3) is 6.08 Å². The third kappa shape index (κ3) is 5.11. The first kappa shape index (κ1) is 13.2. The molecule has 0 saturated carbocycles. The van der Waals surface area contributed by atoms with Gasteiger partial charge in [0.2, 0.25) is 0 Å². The average molecular weight is 232 g/mol. The van der Waals surface area contributed by atoms with Gasteiger partial charge in [0.05, 0.1) is 0 Å². The Labute approximate surface area is 101 Å². The minimum atomic E-state index is -0.480. The monoisotopic (exact) mass is 232 g/mol. The van der Waals surface area contributed by atoms with Crippen molar-refractivity contribution in [2.45, 2.75) is 20.3 Å². The molecule has 0 aromatic heterocycles. The zero-order valence-electron chi connectivity index (χ0n) is 10.1. The van der Waals surface area contributed by atoms with Crippen molar-refractivity contribution in [1.29, 1.82) is 0 Å². The average Bonchev–Trinajstić information content (AvgIpc) is 2.25. The van der Waals surface area contributed by atoms with E-state index in [1.165, 1.54) is 12.5 Å². The maximum Gasteiger partial charge on any atom is 0.313 e. The van der Waals surface area contributed by atoms with Gasteiger partial charge in [-0.3, -0.25) is 9.59 Å². The molecule has 0 radical (unpaired) electrons. The Balaban J connectivity index is 2.39. The molecular weight excluding hydrogens is 216 g/mol. The summed E-state index contributed by atoms with van der Waals surface area (Å²) in [4.78, 5) is 21.7. The van der Waals surface area contributed by atoms with E-state index in [0.717, 1.165) is 5.56 Å². The number of esters is 1. The predicted molar refractivity (Wildman–Crippen MR) is 66.5 cm³/mol. The normalized spacial score (nSPS) is 10.5. The zero-order chi connectivity index (χ0) is 12.7. The van der Waals surface area contributed by atoms with Crippen LogP contribution in [0.4, 0.5) is 0 Å². The van der Waals surface area contributed by atoms with Crippen molar-refractivity contribution in [3.63, 3.8) is 0 Å². The first-order valence-corrected chi connectivity index (χ1v) is 5.47. The van der Waals surface area contributed by atoms with Gasteiger partial charge < -0.3 is 4.74 Å². The van der Waals surface area contributed by atoms with E-state index in [9.17, 15) is 9.59 Å². The van der Waals surface area contributed by atoms with E-state index < -0.39 is 5.97 Å². The van der Waals surface area contributed by atoms with E-state index in [0.29, 0.717) is 0 Å². The van der Waals surface area contributed by atoms with Crippen LogP contribution in [0.3, 0.4) is 0 Å². The van der Waals surface area contributed by atoms with Crippen molar-refractivity contribution in [3.8, 4) is 0 Å². The second-order valence-corrected chi connectivity index (χ2v) is 3.82. The van der Waals surface area contributed by atoms with E-state index in [4.69, 9.17) is 4.74 Å². The van der Waals surface area contributed by atoms with Crippen molar-refractivity contribution in [3.05, 3.63) is 41.5 Å². The highest BCUT2D eigenvalue weighted by Crippen LogP contribution is 2.08. The number of rotatable bonds is 5. The lowest BCUT2D eigenvalue weighted by Crippen LogP contribution is -2.08. The van der Waals surface area contributed by atoms with E-state index >= 15 is 0 Å². The molecule has 0 heterocycles. The molecule has 0 saturated heterocycles. The summed E-state index contributed by atoms with van der Waals surface area (Å²) in [6, 6.07) is 7.93. The number of aryl methyl sites for hydroxylation is 1. The number of hydrogen-bond acceptors (Lipinski definition) is 3. The molecule has 0 spiro atoms. The van der Waals surface area contributed by atoms with Gasteiger partial charge in [0, 0.05) is 0 Å². The lowest BCUT2D eigenvalue weighted by Gasteiger charge is -2.00. The largest absolute Gasteiger partial charge is 0.461 e. The molecule has 0 N–H and O–H groups in total. The summed E-state index contributed by atoms with van der Waals surface area (Å²) < 4.78 is 4.87. The molecular formula is C14H16O3. The number of hydrogen-bond donors (Lipinski definition) is 0. The second kappa shape index (κ2) is 6.63. The van der Waals surface area contributed by atoms with Crippen molar-refractivity contribution in [1.82, 2.24) is 0 Å². The Hall–Kier alpha value is -1.90. The van der Waals surface area contributed by atoms with Crippen LogP contribution in [0.2, 0.25) is 0 Å². The molecule has 17 heavy (non-hydrogen) atoms. The molecule has 0 unspecified atom stereocenters. The number of carbonyl (C=O) groups excluding carboxylic acids is 2. The molecule has 0 bridgehead atoms. The summed E-state index contributed by atoms with van der Waals surface area (Å²) in [5, 5.41) is 0. The maximum absolute atomic E-state index is 11.1. The Bertz CT molecular complexity index is 433. The van der Waals surface area contributed by atoms with Crippen molar-refractivity contribution in [2.75, 3.05) is 6.61 Å². The van der Waals surface area contributed by atoms with Crippen molar-refractivity contribution in [2.24, 2.45) is 0 Å². The van der Waals surface area contributed by atoms with Gasteiger partial charge in [-0.2, -0.15) is 0 Å². The molecule has 3 nitrogen and oxygen atoms in total. The van der Waals surface area contributed by atoms with Crippen LogP contribution in [0, 0.1) is 6.92 Å². The predicted octanol–water partition coefficient (Wildman–Crippen LogP) is 2.53. The quantitative estimate of drug-likeness (QED) is 0.578. The highest BCUT2D eigenvalue weighted by Gasteiger charge is 2.04. The van der Waals surface area contributed by atoms with E-state index in [-0.39, 0.29) is 18.8 Å². The van der Waals surface area contributed by atoms with Gasteiger partial charge in [0.25, 0.3) is 0 Å². The fourth-order valence-electron chi connectivity index (χ4n) is 1.34. The number of ether oxygens (including phenoxy) is 1. The first-order chi connectivity index (χ1) is 8.09. The van der Waals surface area contributed by atoms with Gasteiger partial charge in [0.1, 0.15) is 18.8 Å². The fourth-order valence-corrected chi connectivity index (χ4v) is 1.34. The molecule has 0 fully saturated rings. The molecule has 1 aromatic rings. The highest BCUT2D eigenvalue weighted by molar-refractivity contribution is 5.94. The SMILES string of the molecule is CC(=O)CC(=O)OC/C=C/c1ccccc1C. The summed E-state index contributed by atoms with van der Waals surface area (Å²) in [6.07, 6.45) is 3.51. The first-order valence-electron chi connectivity index (χ1n) is 5.47. The summed E-state index contributed by atoms with van der Waals surface area (Å²) >= 11 is 0. The highest BCUT2D eigenvalue weighted by atomic mass is 16.5. The Morgan fingerprint density at radius 3 is 2.65 bits per heavy atom. The van der Waals surface area contributed by atoms with E-state index in [1.54, 1.807) is 6.08 Å². The minimum absolute atomic E-state index is 0.155. The number of benzene rings is 1. The maximum atomic E-state index is 11.1. The summed E-state index contributed by atoms with van der Waals surface area (Å²) in [5.74, 6) is -0.662. The number of carbonyl (C=O) groups is 2. The van der Waals surface area contributed by atoms with Crippen LogP contribution in [-0.4, -0.2) is 18.4 Å². The van der Waals surface area contributed by atoms with Gasteiger partial charge in [-0.15, -0.1) is 0 Å². The number of Topliss-reactive ketones (excluding diaryl/α,β-unsaturated/α-hetero) is 1. The smallest absolute Gasteiger partial charge is 0.313 e. The van der Waals surface area contributed by atoms with Crippen LogP contribution < -0.4 is 0 Å². The Morgan fingerprint density at radius 1 is 1.29 bits per heavy atom.